The largest absolute Gasteiger partial charge is 0.380 e. The van der Waals surface area contributed by atoms with E-state index in [-0.39, 0.29) is 6.29 Å². The van der Waals surface area contributed by atoms with Crippen molar-refractivity contribution in [3.05, 3.63) is 35.4 Å². The second kappa shape index (κ2) is 7.93. The molecule has 0 saturated carbocycles. The average Bonchev–Trinajstić information content (AvgIpc) is 3.34. The molecule has 3 saturated heterocycles. The number of rotatable bonds is 5. The molecule has 0 aromatic heterocycles. The molecule has 0 radical (unpaired) electrons. The molecule has 3 aliphatic heterocycles. The quantitative estimate of drug-likeness (QED) is 0.894. The Balaban J connectivity index is 1.21. The SMILES string of the molecule is c1cc(C2OCCO2)ccc1CNC1CCN(C2CCOC2)CC1. The molecular formula is C19H28N2O3. The average molecular weight is 332 g/mol. The van der Waals surface area contributed by atoms with E-state index in [1.165, 1.54) is 37.9 Å². The summed E-state index contributed by atoms with van der Waals surface area (Å²) in [6.07, 6.45) is 3.51. The number of piperidine rings is 1. The van der Waals surface area contributed by atoms with Gasteiger partial charge in [0.25, 0.3) is 0 Å². The molecule has 24 heavy (non-hydrogen) atoms. The monoisotopic (exact) mass is 332 g/mol. The first-order valence-corrected chi connectivity index (χ1v) is 9.26. The molecule has 3 heterocycles. The molecule has 1 unspecified atom stereocenters. The van der Waals surface area contributed by atoms with Crippen molar-refractivity contribution in [3.8, 4) is 0 Å². The Labute approximate surface area is 144 Å². The highest BCUT2D eigenvalue weighted by atomic mass is 16.7. The zero-order valence-electron chi connectivity index (χ0n) is 14.3. The van der Waals surface area contributed by atoms with Gasteiger partial charge in [-0.05, 0) is 24.8 Å². The Morgan fingerprint density at radius 1 is 0.958 bits per heavy atom. The van der Waals surface area contributed by atoms with Crippen LogP contribution in [0.3, 0.4) is 0 Å². The first-order chi connectivity index (χ1) is 11.9. The Kier molecular flexibility index (Phi) is 5.45. The molecule has 0 amide bonds. The first-order valence-electron chi connectivity index (χ1n) is 9.26. The zero-order chi connectivity index (χ0) is 16.2. The van der Waals surface area contributed by atoms with E-state index in [2.05, 4.69) is 34.5 Å². The van der Waals surface area contributed by atoms with Crippen molar-refractivity contribution in [1.29, 1.82) is 0 Å². The number of nitrogens with one attached hydrogen (secondary N) is 1. The van der Waals surface area contributed by atoms with Crippen LogP contribution in [0, 0.1) is 0 Å². The standard InChI is InChI=1S/C19H28N2O3/c1-3-16(19-23-11-12-24-19)4-2-15(1)13-20-17-5-8-21(9-6-17)18-7-10-22-14-18/h1-4,17-20H,5-14H2. The smallest absolute Gasteiger partial charge is 0.184 e. The van der Waals surface area contributed by atoms with E-state index in [4.69, 9.17) is 14.2 Å². The molecule has 0 spiro atoms. The van der Waals surface area contributed by atoms with Crippen molar-refractivity contribution in [2.45, 2.75) is 44.2 Å². The van der Waals surface area contributed by atoms with Gasteiger partial charge in [0.05, 0.1) is 19.8 Å². The van der Waals surface area contributed by atoms with Gasteiger partial charge in [-0.1, -0.05) is 24.3 Å². The molecule has 1 aromatic rings. The highest BCUT2D eigenvalue weighted by Gasteiger charge is 2.27. The van der Waals surface area contributed by atoms with Crippen LogP contribution in [0.4, 0.5) is 0 Å². The lowest BCUT2D eigenvalue weighted by Gasteiger charge is -2.35. The number of likely N-dealkylation sites (tertiary alicyclic amines) is 1. The third kappa shape index (κ3) is 3.98. The van der Waals surface area contributed by atoms with E-state index in [0.29, 0.717) is 25.3 Å². The lowest BCUT2D eigenvalue weighted by Crippen LogP contribution is -2.46. The molecular weight excluding hydrogens is 304 g/mol. The number of ether oxygens (including phenoxy) is 3. The minimum Gasteiger partial charge on any atom is -0.380 e. The minimum absolute atomic E-state index is 0.170. The minimum atomic E-state index is -0.170. The molecule has 4 rings (SSSR count). The third-order valence-corrected chi connectivity index (χ3v) is 5.42. The van der Waals surface area contributed by atoms with Crippen LogP contribution >= 0.6 is 0 Å². The van der Waals surface area contributed by atoms with Gasteiger partial charge in [-0.3, -0.25) is 4.90 Å². The molecule has 3 fully saturated rings. The van der Waals surface area contributed by atoms with Gasteiger partial charge in [0.2, 0.25) is 0 Å². The van der Waals surface area contributed by atoms with Crippen LogP contribution in [0.25, 0.3) is 0 Å². The molecule has 1 atom stereocenters. The maximum absolute atomic E-state index is 5.53. The topological polar surface area (TPSA) is 43.0 Å². The van der Waals surface area contributed by atoms with Gasteiger partial charge in [0.15, 0.2) is 6.29 Å². The Morgan fingerprint density at radius 3 is 2.38 bits per heavy atom. The fourth-order valence-electron chi connectivity index (χ4n) is 3.88. The van der Waals surface area contributed by atoms with Crippen LogP contribution in [0.15, 0.2) is 24.3 Å². The van der Waals surface area contributed by atoms with E-state index in [1.807, 2.05) is 0 Å². The number of hydrogen-bond donors (Lipinski definition) is 1. The highest BCUT2D eigenvalue weighted by molar-refractivity contribution is 5.23. The zero-order valence-corrected chi connectivity index (χ0v) is 14.3. The lowest BCUT2D eigenvalue weighted by atomic mass is 10.0. The van der Waals surface area contributed by atoms with Crippen LogP contribution in [0.2, 0.25) is 0 Å². The first kappa shape index (κ1) is 16.5. The number of nitrogens with zero attached hydrogens (tertiary/aromatic N) is 1. The molecule has 5 heteroatoms. The van der Waals surface area contributed by atoms with Crippen molar-refractivity contribution in [2.24, 2.45) is 0 Å². The van der Waals surface area contributed by atoms with E-state index >= 15 is 0 Å². The van der Waals surface area contributed by atoms with Crippen molar-refractivity contribution >= 4 is 0 Å². The number of benzene rings is 1. The summed E-state index contributed by atoms with van der Waals surface area (Å²) in [5.41, 5.74) is 2.44. The van der Waals surface area contributed by atoms with Gasteiger partial charge < -0.3 is 19.5 Å². The van der Waals surface area contributed by atoms with Crippen molar-refractivity contribution in [3.63, 3.8) is 0 Å². The van der Waals surface area contributed by atoms with Crippen LogP contribution < -0.4 is 5.32 Å². The Bertz CT molecular complexity index is 502. The Morgan fingerprint density at radius 2 is 1.71 bits per heavy atom. The molecule has 0 bridgehead atoms. The van der Waals surface area contributed by atoms with Gasteiger partial charge in [0, 0.05) is 43.9 Å². The van der Waals surface area contributed by atoms with Crippen molar-refractivity contribution in [2.75, 3.05) is 39.5 Å². The summed E-state index contributed by atoms with van der Waals surface area (Å²) in [7, 11) is 0. The van der Waals surface area contributed by atoms with E-state index < -0.39 is 0 Å². The predicted molar refractivity (Wildman–Crippen MR) is 91.7 cm³/mol. The van der Waals surface area contributed by atoms with Crippen molar-refractivity contribution in [1.82, 2.24) is 10.2 Å². The van der Waals surface area contributed by atoms with Gasteiger partial charge in [0.1, 0.15) is 0 Å². The summed E-state index contributed by atoms with van der Waals surface area (Å²) in [6.45, 7) is 6.58. The maximum Gasteiger partial charge on any atom is 0.184 e. The number of hydrogen-bond acceptors (Lipinski definition) is 5. The van der Waals surface area contributed by atoms with Crippen molar-refractivity contribution < 1.29 is 14.2 Å². The predicted octanol–water partition coefficient (Wildman–Crippen LogP) is 2.07. The summed E-state index contributed by atoms with van der Waals surface area (Å²) >= 11 is 0. The molecule has 3 aliphatic rings. The fourth-order valence-corrected chi connectivity index (χ4v) is 3.88. The molecule has 0 aliphatic carbocycles. The van der Waals surface area contributed by atoms with Gasteiger partial charge in [-0.25, -0.2) is 0 Å². The van der Waals surface area contributed by atoms with Gasteiger partial charge in [-0.2, -0.15) is 0 Å². The van der Waals surface area contributed by atoms with E-state index in [9.17, 15) is 0 Å². The molecule has 5 nitrogen and oxygen atoms in total. The second-order valence-corrected chi connectivity index (χ2v) is 7.02. The molecule has 1 N–H and O–H groups in total. The molecule has 1 aromatic carbocycles. The second-order valence-electron chi connectivity index (χ2n) is 7.02. The summed E-state index contributed by atoms with van der Waals surface area (Å²) in [5, 5.41) is 3.72. The third-order valence-electron chi connectivity index (χ3n) is 5.42. The van der Waals surface area contributed by atoms with E-state index in [0.717, 1.165) is 25.3 Å². The normalized spacial score (nSPS) is 27.1. The fraction of sp³-hybridized carbons (Fsp3) is 0.684. The van der Waals surface area contributed by atoms with Crippen LogP contribution in [-0.2, 0) is 20.8 Å². The summed E-state index contributed by atoms with van der Waals surface area (Å²) in [6, 6.07) is 9.89. The summed E-state index contributed by atoms with van der Waals surface area (Å²) in [5.74, 6) is 0. The Hall–Kier alpha value is -0.980. The van der Waals surface area contributed by atoms with Gasteiger partial charge in [-0.15, -0.1) is 0 Å². The van der Waals surface area contributed by atoms with E-state index in [1.54, 1.807) is 0 Å². The van der Waals surface area contributed by atoms with Gasteiger partial charge >= 0.3 is 0 Å². The summed E-state index contributed by atoms with van der Waals surface area (Å²) < 4.78 is 16.6. The lowest BCUT2D eigenvalue weighted by molar-refractivity contribution is -0.0441. The molecule has 132 valence electrons. The highest BCUT2D eigenvalue weighted by Crippen LogP contribution is 2.23. The van der Waals surface area contributed by atoms with Crippen LogP contribution in [0.5, 0.6) is 0 Å². The maximum atomic E-state index is 5.53. The van der Waals surface area contributed by atoms with Crippen LogP contribution in [0.1, 0.15) is 36.7 Å². The summed E-state index contributed by atoms with van der Waals surface area (Å²) in [4.78, 5) is 2.61. The van der Waals surface area contributed by atoms with Crippen LogP contribution in [-0.4, -0.2) is 56.5 Å².